The normalized spacial score (nSPS) is 11.5. The van der Waals surface area contributed by atoms with E-state index in [9.17, 15) is 19.0 Å². The number of para-hydroxylation sites is 2. The molecule has 0 atom stereocenters. The van der Waals surface area contributed by atoms with Gasteiger partial charge in [-0.15, -0.1) is 0 Å². The van der Waals surface area contributed by atoms with Crippen molar-refractivity contribution in [2.75, 3.05) is 0 Å². The number of phenols is 2. The Balaban J connectivity index is 0.00000337. The molecule has 0 spiro atoms. The molecular weight excluding hydrogens is 572 g/mol. The first-order valence-corrected chi connectivity index (χ1v) is 12.6. The standard InChI is InChI=1S/C34H22F2N2O2.Zn/c35-27-11-5-7-21-15-17-31(39)25(33(21)27)19-37-29-13-3-1-9-23(29)24-10-2-4-14-30(24)38-20-26-32(40)18-16-22-8-6-12-28(36)34(22)26;/h1-20,39-40H;. The van der Waals surface area contributed by atoms with Crippen molar-refractivity contribution < 1.29 is 38.5 Å². The van der Waals surface area contributed by atoms with Crippen LogP contribution in [0.5, 0.6) is 11.5 Å². The number of halogens is 2. The number of hydrogen-bond donors (Lipinski definition) is 2. The molecule has 2 N–H and O–H groups in total. The van der Waals surface area contributed by atoms with Crippen molar-refractivity contribution in [3.63, 3.8) is 0 Å². The summed E-state index contributed by atoms with van der Waals surface area (Å²) in [5, 5.41) is 22.9. The Labute approximate surface area is 247 Å². The fraction of sp³-hybridized carbons (Fsp3) is 0. The summed E-state index contributed by atoms with van der Waals surface area (Å²) in [6, 6.07) is 30.7. The molecule has 0 aliphatic carbocycles. The molecule has 4 nitrogen and oxygen atoms in total. The summed E-state index contributed by atoms with van der Waals surface area (Å²) in [5.74, 6) is -1.05. The van der Waals surface area contributed by atoms with Crippen LogP contribution < -0.4 is 0 Å². The monoisotopic (exact) mass is 592 g/mol. The maximum absolute atomic E-state index is 14.7. The van der Waals surface area contributed by atoms with Crippen LogP contribution in [0.25, 0.3) is 32.7 Å². The molecule has 6 aromatic carbocycles. The fourth-order valence-electron chi connectivity index (χ4n) is 4.86. The zero-order chi connectivity index (χ0) is 27.6. The molecule has 0 heterocycles. The molecule has 41 heavy (non-hydrogen) atoms. The predicted octanol–water partition coefficient (Wildman–Crippen LogP) is 8.85. The van der Waals surface area contributed by atoms with Crippen molar-refractivity contribution in [2.45, 2.75) is 0 Å². The van der Waals surface area contributed by atoms with Gasteiger partial charge >= 0.3 is 0 Å². The maximum Gasteiger partial charge on any atom is 0.131 e. The number of hydrogen-bond acceptors (Lipinski definition) is 4. The van der Waals surface area contributed by atoms with Gasteiger partial charge in [0.25, 0.3) is 0 Å². The van der Waals surface area contributed by atoms with Gasteiger partial charge in [0.15, 0.2) is 0 Å². The predicted molar refractivity (Wildman–Crippen MR) is 158 cm³/mol. The van der Waals surface area contributed by atoms with E-state index in [1.54, 1.807) is 36.4 Å². The molecule has 6 rings (SSSR count). The molecule has 0 saturated heterocycles. The average molecular weight is 594 g/mol. The van der Waals surface area contributed by atoms with Crippen LogP contribution in [0.2, 0.25) is 0 Å². The summed E-state index contributed by atoms with van der Waals surface area (Å²) in [7, 11) is 0. The number of rotatable bonds is 5. The third-order valence-corrected chi connectivity index (χ3v) is 6.79. The van der Waals surface area contributed by atoms with Crippen molar-refractivity contribution in [3.8, 4) is 22.6 Å². The van der Waals surface area contributed by atoms with E-state index in [-0.39, 0.29) is 52.9 Å². The van der Waals surface area contributed by atoms with Gasteiger partial charge in [-0.25, -0.2) is 8.78 Å². The zero-order valence-electron chi connectivity index (χ0n) is 21.8. The van der Waals surface area contributed by atoms with Gasteiger partial charge in [-0.1, -0.05) is 72.8 Å². The van der Waals surface area contributed by atoms with Gasteiger partial charge in [0, 0.05) is 64.9 Å². The van der Waals surface area contributed by atoms with Crippen LogP contribution in [0.1, 0.15) is 11.1 Å². The minimum atomic E-state index is -0.448. The zero-order valence-corrected chi connectivity index (χ0v) is 24.8. The van der Waals surface area contributed by atoms with E-state index in [2.05, 4.69) is 9.98 Å². The molecule has 0 fully saturated rings. The largest absolute Gasteiger partial charge is 0.507 e. The van der Waals surface area contributed by atoms with Gasteiger partial charge < -0.3 is 10.2 Å². The maximum atomic E-state index is 14.7. The van der Waals surface area contributed by atoms with Crippen molar-refractivity contribution in [1.29, 1.82) is 0 Å². The summed E-state index contributed by atoms with van der Waals surface area (Å²) in [5.41, 5.74) is 3.23. The van der Waals surface area contributed by atoms with Crippen LogP contribution in [0.15, 0.2) is 119 Å². The van der Waals surface area contributed by atoms with E-state index in [1.165, 1.54) is 36.7 Å². The first kappa shape index (κ1) is 27.8. The first-order valence-electron chi connectivity index (χ1n) is 12.6. The van der Waals surface area contributed by atoms with E-state index >= 15 is 0 Å². The van der Waals surface area contributed by atoms with Gasteiger partial charge in [0.1, 0.15) is 23.1 Å². The minimum Gasteiger partial charge on any atom is -0.507 e. The molecule has 196 valence electrons. The molecule has 7 heteroatoms. The van der Waals surface area contributed by atoms with Crippen molar-refractivity contribution >= 4 is 45.3 Å². The Morgan fingerprint density at radius 1 is 0.488 bits per heavy atom. The SMILES string of the molecule is Oc1ccc2cccc(F)c2c1C=Nc1ccccc1-c1ccccc1N=Cc1c(O)ccc2cccc(F)c12.[Zn]. The Morgan fingerprint density at radius 3 is 1.34 bits per heavy atom. The van der Waals surface area contributed by atoms with E-state index in [4.69, 9.17) is 0 Å². The number of aliphatic imine (C=N–C) groups is 2. The summed E-state index contributed by atoms with van der Waals surface area (Å²) < 4.78 is 29.4. The second-order valence-corrected chi connectivity index (χ2v) is 9.22. The first-order chi connectivity index (χ1) is 19.5. The van der Waals surface area contributed by atoms with Crippen molar-refractivity contribution in [2.24, 2.45) is 9.98 Å². The Morgan fingerprint density at radius 2 is 0.902 bits per heavy atom. The quantitative estimate of drug-likeness (QED) is 0.155. The minimum absolute atomic E-state index is 0. The second kappa shape index (κ2) is 11.8. The molecule has 0 aromatic heterocycles. The van der Waals surface area contributed by atoms with Gasteiger partial charge in [0.2, 0.25) is 0 Å². The Hall–Kier alpha value is -4.74. The van der Waals surface area contributed by atoms with E-state index in [0.717, 1.165) is 11.1 Å². The van der Waals surface area contributed by atoms with Gasteiger partial charge in [0.05, 0.1) is 11.4 Å². The molecule has 0 aliphatic heterocycles. The second-order valence-electron chi connectivity index (χ2n) is 9.22. The number of aromatic hydroxyl groups is 2. The average Bonchev–Trinajstić information content (AvgIpc) is 2.97. The summed E-state index contributed by atoms with van der Waals surface area (Å²) in [4.78, 5) is 9.28. The Bertz CT molecular complexity index is 1830. The fourth-order valence-corrected chi connectivity index (χ4v) is 4.86. The van der Waals surface area contributed by atoms with E-state index < -0.39 is 11.6 Å². The molecule has 6 aromatic rings. The molecule has 0 unspecified atom stereocenters. The number of fused-ring (bicyclic) bond motifs is 2. The van der Waals surface area contributed by atoms with Crippen LogP contribution in [0.3, 0.4) is 0 Å². The number of benzene rings is 6. The van der Waals surface area contributed by atoms with Crippen LogP contribution >= 0.6 is 0 Å². The molecule has 0 radical (unpaired) electrons. The van der Waals surface area contributed by atoms with Gasteiger partial charge in [-0.05, 0) is 47.2 Å². The van der Waals surface area contributed by atoms with Gasteiger partial charge in [-0.3, -0.25) is 9.98 Å². The third-order valence-electron chi connectivity index (χ3n) is 6.79. The van der Waals surface area contributed by atoms with Crippen molar-refractivity contribution in [1.82, 2.24) is 0 Å². The molecule has 0 aliphatic rings. The van der Waals surface area contributed by atoms with Gasteiger partial charge in [-0.2, -0.15) is 0 Å². The van der Waals surface area contributed by atoms with Crippen LogP contribution in [0.4, 0.5) is 20.2 Å². The topological polar surface area (TPSA) is 65.2 Å². The number of phenolic OH excluding ortho intramolecular Hbond substituents is 2. The third kappa shape index (κ3) is 5.37. The van der Waals surface area contributed by atoms with Crippen LogP contribution in [-0.4, -0.2) is 22.6 Å². The Kier molecular flexibility index (Phi) is 8.00. The summed E-state index contributed by atoms with van der Waals surface area (Å²) >= 11 is 0. The molecular formula is C34H22F2N2O2Zn. The summed E-state index contributed by atoms with van der Waals surface area (Å²) in [6.07, 6.45) is 2.92. The molecule has 0 bridgehead atoms. The smallest absolute Gasteiger partial charge is 0.131 e. The summed E-state index contributed by atoms with van der Waals surface area (Å²) in [6.45, 7) is 0. The van der Waals surface area contributed by atoms with E-state index in [1.807, 2.05) is 48.5 Å². The van der Waals surface area contributed by atoms with Crippen LogP contribution in [0, 0.1) is 11.6 Å². The molecule has 0 saturated carbocycles. The van der Waals surface area contributed by atoms with E-state index in [0.29, 0.717) is 22.1 Å². The van der Waals surface area contributed by atoms with Crippen LogP contribution in [-0.2, 0) is 19.5 Å². The van der Waals surface area contributed by atoms with Crippen molar-refractivity contribution in [3.05, 3.63) is 132 Å². The number of nitrogens with zero attached hydrogens (tertiary/aromatic N) is 2. The molecule has 0 amide bonds.